The van der Waals surface area contributed by atoms with Crippen LogP contribution in [0.1, 0.15) is 19.5 Å². The van der Waals surface area contributed by atoms with Crippen LogP contribution < -0.4 is 4.90 Å². The topological polar surface area (TPSA) is 29.8 Å². The molecule has 0 aliphatic carbocycles. The molecule has 18 heavy (non-hydrogen) atoms. The van der Waals surface area contributed by atoms with Crippen LogP contribution in [0, 0.1) is 0 Å². The molecule has 0 bridgehead atoms. The Morgan fingerprint density at radius 1 is 1.56 bits per heavy atom. The van der Waals surface area contributed by atoms with E-state index in [2.05, 4.69) is 50.7 Å². The Labute approximate surface area is 119 Å². The molecule has 0 aromatic carbocycles. The van der Waals surface area contributed by atoms with Crippen LogP contribution in [0.15, 0.2) is 11.6 Å². The third-order valence-corrected chi connectivity index (χ3v) is 4.63. The smallest absolute Gasteiger partial charge is 0.195 e. The van der Waals surface area contributed by atoms with Gasteiger partial charge in [-0.1, -0.05) is 15.9 Å². The SMILES string of the molecule is CC1CN(c2nc3sccn3c2CBr)C(C)CO1. The van der Waals surface area contributed by atoms with Gasteiger partial charge in [0.1, 0.15) is 0 Å². The number of hydrogen-bond acceptors (Lipinski definition) is 4. The van der Waals surface area contributed by atoms with Crippen LogP contribution >= 0.6 is 27.3 Å². The summed E-state index contributed by atoms with van der Waals surface area (Å²) < 4.78 is 7.85. The summed E-state index contributed by atoms with van der Waals surface area (Å²) in [6.45, 7) is 5.99. The lowest BCUT2D eigenvalue weighted by atomic mass is 10.2. The number of thiazole rings is 1. The quantitative estimate of drug-likeness (QED) is 0.793. The second kappa shape index (κ2) is 4.83. The molecule has 1 fully saturated rings. The molecule has 1 aliphatic rings. The minimum absolute atomic E-state index is 0.268. The fourth-order valence-corrected chi connectivity index (χ4v) is 3.62. The van der Waals surface area contributed by atoms with E-state index in [0.717, 1.165) is 29.3 Å². The van der Waals surface area contributed by atoms with Gasteiger partial charge in [-0.25, -0.2) is 4.98 Å². The summed E-state index contributed by atoms with van der Waals surface area (Å²) in [4.78, 5) is 8.20. The van der Waals surface area contributed by atoms with Gasteiger partial charge in [-0.05, 0) is 13.8 Å². The number of aromatic nitrogens is 2. The van der Waals surface area contributed by atoms with E-state index >= 15 is 0 Å². The van der Waals surface area contributed by atoms with Crippen LogP contribution in [0.3, 0.4) is 0 Å². The molecule has 0 radical (unpaired) electrons. The molecule has 1 saturated heterocycles. The van der Waals surface area contributed by atoms with Crippen molar-refractivity contribution in [3.05, 3.63) is 17.3 Å². The highest BCUT2D eigenvalue weighted by molar-refractivity contribution is 9.08. The first kappa shape index (κ1) is 12.4. The van der Waals surface area contributed by atoms with E-state index in [4.69, 9.17) is 9.72 Å². The number of halogens is 1. The third-order valence-electron chi connectivity index (χ3n) is 3.35. The molecule has 3 rings (SSSR count). The Kier molecular flexibility index (Phi) is 3.34. The predicted molar refractivity (Wildman–Crippen MR) is 77.9 cm³/mol. The number of morpholine rings is 1. The van der Waals surface area contributed by atoms with E-state index in [0.29, 0.717) is 6.04 Å². The lowest BCUT2D eigenvalue weighted by Crippen LogP contribution is -2.48. The van der Waals surface area contributed by atoms with Crippen molar-refractivity contribution < 1.29 is 4.74 Å². The van der Waals surface area contributed by atoms with Gasteiger partial charge in [-0.15, -0.1) is 11.3 Å². The molecule has 2 atom stereocenters. The van der Waals surface area contributed by atoms with Gasteiger partial charge >= 0.3 is 0 Å². The number of rotatable bonds is 2. The molecule has 2 aromatic heterocycles. The first-order valence-corrected chi connectivity index (χ1v) is 8.09. The summed E-state index contributed by atoms with van der Waals surface area (Å²) in [6, 6.07) is 0.378. The number of imidazole rings is 1. The maximum absolute atomic E-state index is 5.69. The first-order chi connectivity index (χ1) is 8.70. The molecule has 6 heteroatoms. The minimum Gasteiger partial charge on any atom is -0.375 e. The maximum atomic E-state index is 5.69. The van der Waals surface area contributed by atoms with Crippen LogP contribution in [-0.4, -0.2) is 34.7 Å². The van der Waals surface area contributed by atoms with Crippen LogP contribution in [0.2, 0.25) is 0 Å². The molecule has 1 aliphatic heterocycles. The summed E-state index contributed by atoms with van der Waals surface area (Å²) in [5.74, 6) is 1.10. The normalized spacial score (nSPS) is 24.9. The van der Waals surface area contributed by atoms with Crippen LogP contribution in [0.25, 0.3) is 4.96 Å². The fourth-order valence-electron chi connectivity index (χ4n) is 2.37. The highest BCUT2D eigenvalue weighted by Crippen LogP contribution is 2.29. The van der Waals surface area contributed by atoms with E-state index in [1.54, 1.807) is 11.3 Å². The summed E-state index contributed by atoms with van der Waals surface area (Å²) in [5, 5.41) is 2.89. The zero-order valence-corrected chi connectivity index (χ0v) is 12.9. The molecule has 3 heterocycles. The van der Waals surface area contributed by atoms with Gasteiger partial charge in [0.05, 0.1) is 24.4 Å². The van der Waals surface area contributed by atoms with Crippen molar-refractivity contribution in [2.75, 3.05) is 18.1 Å². The zero-order chi connectivity index (χ0) is 12.7. The Morgan fingerprint density at radius 2 is 2.39 bits per heavy atom. The average Bonchev–Trinajstić information content (AvgIpc) is 2.91. The lowest BCUT2D eigenvalue weighted by Gasteiger charge is -2.37. The lowest BCUT2D eigenvalue weighted by molar-refractivity contribution is 0.0340. The van der Waals surface area contributed by atoms with Crippen LogP contribution in [-0.2, 0) is 10.1 Å². The second-order valence-electron chi connectivity index (χ2n) is 4.72. The highest BCUT2D eigenvalue weighted by atomic mass is 79.9. The van der Waals surface area contributed by atoms with Crippen LogP contribution in [0.5, 0.6) is 0 Å². The maximum Gasteiger partial charge on any atom is 0.195 e. The van der Waals surface area contributed by atoms with Gasteiger partial charge in [0.2, 0.25) is 0 Å². The second-order valence-corrected chi connectivity index (χ2v) is 6.15. The zero-order valence-electron chi connectivity index (χ0n) is 10.5. The van der Waals surface area contributed by atoms with Gasteiger partial charge < -0.3 is 9.64 Å². The van der Waals surface area contributed by atoms with Crippen molar-refractivity contribution >= 4 is 38.0 Å². The number of fused-ring (bicyclic) bond motifs is 1. The summed E-state index contributed by atoms with van der Waals surface area (Å²) in [6.07, 6.45) is 2.35. The van der Waals surface area contributed by atoms with Crippen molar-refractivity contribution in [2.45, 2.75) is 31.3 Å². The fraction of sp³-hybridized carbons (Fsp3) is 0.583. The van der Waals surface area contributed by atoms with E-state index in [9.17, 15) is 0 Å². The average molecular weight is 330 g/mol. The summed E-state index contributed by atoms with van der Waals surface area (Å²) >= 11 is 5.26. The molecule has 0 amide bonds. The molecule has 4 nitrogen and oxygen atoms in total. The van der Waals surface area contributed by atoms with Crippen molar-refractivity contribution in [3.8, 4) is 0 Å². The standard InChI is InChI=1S/C12H16BrN3OS/c1-8-7-17-9(2)6-16(8)11-10(5-13)15-3-4-18-12(15)14-11/h3-4,8-9H,5-7H2,1-2H3. The van der Waals surface area contributed by atoms with Gasteiger partial charge in [-0.2, -0.15) is 0 Å². The minimum atomic E-state index is 0.268. The molecule has 2 aromatic rings. The van der Waals surface area contributed by atoms with E-state index in [-0.39, 0.29) is 6.10 Å². The molecule has 98 valence electrons. The number of hydrogen-bond donors (Lipinski definition) is 0. The van der Waals surface area contributed by atoms with Crippen molar-refractivity contribution in [1.29, 1.82) is 0 Å². The molecule has 0 N–H and O–H groups in total. The van der Waals surface area contributed by atoms with E-state index in [1.165, 1.54) is 5.69 Å². The van der Waals surface area contributed by atoms with Gasteiger partial charge in [0.15, 0.2) is 10.8 Å². The number of ether oxygens (including phenoxy) is 1. The Balaban J connectivity index is 2.04. The summed E-state index contributed by atoms with van der Waals surface area (Å²) in [5.41, 5.74) is 1.23. The summed E-state index contributed by atoms with van der Waals surface area (Å²) in [7, 11) is 0. The number of alkyl halides is 1. The highest BCUT2D eigenvalue weighted by Gasteiger charge is 2.28. The third kappa shape index (κ3) is 1.96. The monoisotopic (exact) mass is 329 g/mol. The van der Waals surface area contributed by atoms with E-state index < -0.39 is 0 Å². The molecule has 0 spiro atoms. The Morgan fingerprint density at radius 3 is 3.17 bits per heavy atom. The van der Waals surface area contributed by atoms with Crippen molar-refractivity contribution in [2.24, 2.45) is 0 Å². The predicted octanol–water partition coefficient (Wildman–Crippen LogP) is 2.90. The van der Waals surface area contributed by atoms with E-state index in [1.807, 2.05) is 0 Å². The molecule has 2 unspecified atom stereocenters. The Bertz CT molecular complexity index is 553. The largest absolute Gasteiger partial charge is 0.375 e. The molecular weight excluding hydrogens is 314 g/mol. The van der Waals surface area contributed by atoms with Crippen molar-refractivity contribution in [3.63, 3.8) is 0 Å². The number of nitrogens with zero attached hydrogens (tertiary/aromatic N) is 3. The Hall–Kier alpha value is -0.590. The first-order valence-electron chi connectivity index (χ1n) is 6.09. The van der Waals surface area contributed by atoms with Crippen LogP contribution in [0.4, 0.5) is 5.82 Å². The molecule has 0 saturated carbocycles. The van der Waals surface area contributed by atoms with Crippen molar-refractivity contribution in [1.82, 2.24) is 9.38 Å². The number of anilines is 1. The molecular formula is C12H16BrN3OS. The van der Waals surface area contributed by atoms with Gasteiger partial charge in [0.25, 0.3) is 0 Å². The van der Waals surface area contributed by atoms with Gasteiger partial charge in [-0.3, -0.25) is 4.40 Å². The van der Waals surface area contributed by atoms with Gasteiger partial charge in [0, 0.05) is 23.5 Å².